The Balaban J connectivity index is 1.15. The summed E-state index contributed by atoms with van der Waals surface area (Å²) in [5, 5.41) is 24.8. The van der Waals surface area contributed by atoms with Gasteiger partial charge in [-0.2, -0.15) is 10.4 Å². The van der Waals surface area contributed by atoms with Crippen LogP contribution in [0.25, 0.3) is 0 Å². The van der Waals surface area contributed by atoms with Crippen molar-refractivity contribution in [1.29, 1.82) is 5.26 Å². The summed E-state index contributed by atoms with van der Waals surface area (Å²) in [4.78, 5) is 0. The lowest BCUT2D eigenvalue weighted by Crippen LogP contribution is -2.51. The summed E-state index contributed by atoms with van der Waals surface area (Å²) in [6, 6.07) is 2.21. The SMILES string of the molecule is CC(Cn1cc(C#N)cn1)[C@H]1CC[C@H]2[C@@H]3CC[C@@H]4C[C@@](O)(C5CC5)CC[C@@H]4[C@H]3CC[C@]12C. The first-order valence-corrected chi connectivity index (χ1v) is 13.6. The van der Waals surface area contributed by atoms with Crippen LogP contribution in [-0.2, 0) is 6.54 Å². The second-order valence-electron chi connectivity index (χ2n) is 12.8. The summed E-state index contributed by atoms with van der Waals surface area (Å²) in [7, 11) is 0. The zero-order valence-electron chi connectivity index (χ0n) is 20.0. The summed E-state index contributed by atoms with van der Waals surface area (Å²) in [5.41, 5.74) is 0.844. The average Bonchev–Trinajstić information content (AvgIpc) is 3.46. The molecule has 5 fully saturated rings. The molecule has 1 aromatic rings. The Hall–Kier alpha value is -1.34. The fraction of sp³-hybridized carbons (Fsp3) is 0.857. The maximum absolute atomic E-state index is 11.2. The number of fused-ring (bicyclic) bond motifs is 5. The Kier molecular flexibility index (Phi) is 5.03. The van der Waals surface area contributed by atoms with E-state index >= 15 is 0 Å². The van der Waals surface area contributed by atoms with Crippen molar-refractivity contribution in [3.05, 3.63) is 18.0 Å². The molecule has 9 atom stereocenters. The zero-order chi connectivity index (χ0) is 22.1. The number of hydrogen-bond acceptors (Lipinski definition) is 3. The molecule has 5 aliphatic rings. The molecule has 32 heavy (non-hydrogen) atoms. The maximum atomic E-state index is 11.2. The average molecular weight is 436 g/mol. The van der Waals surface area contributed by atoms with E-state index in [1.807, 2.05) is 10.9 Å². The number of hydrogen-bond donors (Lipinski definition) is 1. The largest absolute Gasteiger partial charge is 0.390 e. The molecule has 0 amide bonds. The van der Waals surface area contributed by atoms with Gasteiger partial charge >= 0.3 is 0 Å². The van der Waals surface area contributed by atoms with Crippen molar-refractivity contribution in [1.82, 2.24) is 9.78 Å². The van der Waals surface area contributed by atoms with Gasteiger partial charge < -0.3 is 5.11 Å². The lowest BCUT2D eigenvalue weighted by Gasteiger charge is -2.57. The van der Waals surface area contributed by atoms with E-state index in [0.29, 0.717) is 22.8 Å². The molecule has 174 valence electrons. The molecule has 1 heterocycles. The Labute approximate surface area is 193 Å². The van der Waals surface area contributed by atoms with Gasteiger partial charge in [0.05, 0.1) is 17.4 Å². The van der Waals surface area contributed by atoms with E-state index in [1.165, 1.54) is 57.8 Å². The van der Waals surface area contributed by atoms with Gasteiger partial charge in [-0.3, -0.25) is 4.68 Å². The molecule has 0 aliphatic heterocycles. The Bertz CT molecular complexity index is 899. The van der Waals surface area contributed by atoms with Crippen LogP contribution in [0.5, 0.6) is 0 Å². The molecule has 0 bridgehead atoms. The maximum Gasteiger partial charge on any atom is 0.102 e. The summed E-state index contributed by atoms with van der Waals surface area (Å²) >= 11 is 0. The van der Waals surface area contributed by atoms with Gasteiger partial charge in [-0.15, -0.1) is 0 Å². The molecule has 6 rings (SSSR count). The highest BCUT2D eigenvalue weighted by atomic mass is 16.3. The summed E-state index contributed by atoms with van der Waals surface area (Å²) in [5.74, 6) is 6.44. The Morgan fingerprint density at radius 1 is 1.09 bits per heavy atom. The topological polar surface area (TPSA) is 61.8 Å². The second kappa shape index (κ2) is 7.59. The molecule has 5 saturated carbocycles. The Morgan fingerprint density at radius 2 is 1.91 bits per heavy atom. The minimum Gasteiger partial charge on any atom is -0.390 e. The van der Waals surface area contributed by atoms with Gasteiger partial charge in [-0.05, 0) is 123 Å². The van der Waals surface area contributed by atoms with Crippen LogP contribution < -0.4 is 0 Å². The van der Waals surface area contributed by atoms with Crippen LogP contribution in [0.3, 0.4) is 0 Å². The molecule has 1 aromatic heterocycles. The van der Waals surface area contributed by atoms with Crippen molar-refractivity contribution in [2.24, 2.45) is 52.8 Å². The molecule has 5 aliphatic carbocycles. The molecule has 4 nitrogen and oxygen atoms in total. The third kappa shape index (κ3) is 3.29. The van der Waals surface area contributed by atoms with Crippen LogP contribution in [0, 0.1) is 64.1 Å². The molecule has 0 saturated heterocycles. The lowest BCUT2D eigenvalue weighted by molar-refractivity contribution is -0.115. The minimum atomic E-state index is -0.303. The first-order chi connectivity index (χ1) is 15.4. The van der Waals surface area contributed by atoms with Gasteiger partial charge in [0.25, 0.3) is 0 Å². The normalized spacial score (nSPS) is 46.6. The number of aliphatic hydroxyl groups is 1. The van der Waals surface area contributed by atoms with E-state index in [1.54, 1.807) is 6.20 Å². The smallest absolute Gasteiger partial charge is 0.102 e. The van der Waals surface area contributed by atoms with Gasteiger partial charge in [0.1, 0.15) is 6.07 Å². The number of nitriles is 1. The zero-order valence-corrected chi connectivity index (χ0v) is 20.0. The molecular weight excluding hydrogens is 394 g/mol. The predicted octanol–water partition coefficient (Wildman–Crippen LogP) is 5.80. The number of aromatic nitrogens is 2. The third-order valence-corrected chi connectivity index (χ3v) is 11.4. The lowest BCUT2D eigenvalue weighted by atomic mass is 9.48. The van der Waals surface area contributed by atoms with E-state index in [4.69, 9.17) is 5.26 Å². The van der Waals surface area contributed by atoms with E-state index in [0.717, 1.165) is 54.9 Å². The molecule has 1 N–H and O–H groups in total. The van der Waals surface area contributed by atoms with Crippen molar-refractivity contribution >= 4 is 0 Å². The Morgan fingerprint density at radius 3 is 2.66 bits per heavy atom. The molecular formula is C28H41N3O. The predicted molar refractivity (Wildman–Crippen MR) is 124 cm³/mol. The minimum absolute atomic E-state index is 0.303. The van der Waals surface area contributed by atoms with Crippen molar-refractivity contribution < 1.29 is 5.11 Å². The van der Waals surface area contributed by atoms with E-state index in [2.05, 4.69) is 25.0 Å². The summed E-state index contributed by atoms with van der Waals surface area (Å²) < 4.78 is 2.00. The molecule has 0 radical (unpaired) electrons. The quantitative estimate of drug-likeness (QED) is 0.650. The van der Waals surface area contributed by atoms with Gasteiger partial charge in [-0.1, -0.05) is 13.8 Å². The van der Waals surface area contributed by atoms with Crippen LogP contribution in [0.2, 0.25) is 0 Å². The highest BCUT2D eigenvalue weighted by Crippen LogP contribution is 2.66. The van der Waals surface area contributed by atoms with Crippen molar-refractivity contribution in [3.63, 3.8) is 0 Å². The van der Waals surface area contributed by atoms with Crippen LogP contribution >= 0.6 is 0 Å². The summed E-state index contributed by atoms with van der Waals surface area (Å²) in [6.45, 7) is 5.99. The standard InChI is InChI=1S/C28H41N3O/c1-18(16-31-17-19(14-29)15-30-31)25-7-8-26-24-6-3-20-13-28(32,21-4-5-21)12-10-22(20)23(24)9-11-27(25,26)2/h15,17-18,20-26,32H,3-13,16H2,1-2H3/t18?,20-,22+,23-,24-,25-,26+,27-,28-/m1/s1. The van der Waals surface area contributed by atoms with Crippen LogP contribution in [0.1, 0.15) is 90.0 Å². The van der Waals surface area contributed by atoms with Crippen LogP contribution in [-0.4, -0.2) is 20.5 Å². The van der Waals surface area contributed by atoms with E-state index in [9.17, 15) is 5.11 Å². The molecule has 0 aromatic carbocycles. The number of rotatable bonds is 4. The van der Waals surface area contributed by atoms with Gasteiger partial charge in [-0.25, -0.2) is 0 Å². The fourth-order valence-electron chi connectivity index (χ4n) is 9.82. The highest BCUT2D eigenvalue weighted by Gasteiger charge is 2.59. The van der Waals surface area contributed by atoms with Crippen LogP contribution in [0.4, 0.5) is 0 Å². The summed E-state index contributed by atoms with van der Waals surface area (Å²) in [6.07, 6.45) is 18.0. The molecule has 4 heteroatoms. The van der Waals surface area contributed by atoms with E-state index < -0.39 is 0 Å². The second-order valence-corrected chi connectivity index (χ2v) is 12.8. The first kappa shape index (κ1) is 21.2. The van der Waals surface area contributed by atoms with E-state index in [-0.39, 0.29) is 5.60 Å². The third-order valence-electron chi connectivity index (χ3n) is 11.4. The molecule has 0 spiro atoms. The van der Waals surface area contributed by atoms with Crippen molar-refractivity contribution in [2.75, 3.05) is 0 Å². The van der Waals surface area contributed by atoms with Gasteiger partial charge in [0.2, 0.25) is 0 Å². The fourth-order valence-corrected chi connectivity index (χ4v) is 9.82. The van der Waals surface area contributed by atoms with Crippen molar-refractivity contribution in [2.45, 2.75) is 96.6 Å². The first-order valence-electron chi connectivity index (χ1n) is 13.6. The van der Waals surface area contributed by atoms with Gasteiger partial charge in [0.15, 0.2) is 0 Å². The van der Waals surface area contributed by atoms with Crippen molar-refractivity contribution in [3.8, 4) is 6.07 Å². The highest BCUT2D eigenvalue weighted by molar-refractivity contribution is 5.21. The van der Waals surface area contributed by atoms with Crippen LogP contribution in [0.15, 0.2) is 12.4 Å². The number of nitrogens with zero attached hydrogens (tertiary/aromatic N) is 3. The monoisotopic (exact) mass is 435 g/mol. The molecule has 1 unspecified atom stereocenters. The van der Waals surface area contributed by atoms with Gasteiger partial charge in [0, 0.05) is 12.7 Å².